The monoisotopic (exact) mass is 298 g/mol. The van der Waals surface area contributed by atoms with Gasteiger partial charge in [-0.3, -0.25) is 20.2 Å². The van der Waals surface area contributed by atoms with Crippen molar-refractivity contribution in [3.05, 3.63) is 0 Å². The molecule has 2 N–H and O–H groups in total. The molecule has 16 heavy (non-hydrogen) atoms. The second-order valence-electron chi connectivity index (χ2n) is 2.54. The first-order valence-corrected chi connectivity index (χ1v) is 5.91. The predicted octanol–water partition coefficient (Wildman–Crippen LogP) is -1.75. The molecular weight excluding hydrogens is 294 g/mol. The molecule has 1 rings (SSSR count). The van der Waals surface area contributed by atoms with Gasteiger partial charge in [-0.25, -0.2) is 13.2 Å². The van der Waals surface area contributed by atoms with Gasteiger partial charge in [-0.2, -0.15) is 0 Å². The van der Waals surface area contributed by atoms with Crippen LogP contribution in [0.1, 0.15) is 0 Å². The van der Waals surface area contributed by atoms with Gasteiger partial charge in [0.2, 0.25) is 19.3 Å². The number of alkyl halides is 2. The number of carbonyl (C=O) groups excluding carboxylic acids is 3. The van der Waals surface area contributed by atoms with Gasteiger partial charge in [0, 0.05) is 0 Å². The van der Waals surface area contributed by atoms with Crippen molar-refractivity contribution in [1.29, 1.82) is 0 Å². The summed E-state index contributed by atoms with van der Waals surface area (Å²) in [4.78, 5) is 32.8. The summed E-state index contributed by atoms with van der Waals surface area (Å²) in [7, 11) is -4.37. The van der Waals surface area contributed by atoms with Crippen LogP contribution < -0.4 is 10.6 Å². The average molecular weight is 299 g/mol. The van der Waals surface area contributed by atoms with Crippen LogP contribution in [0.25, 0.3) is 0 Å². The van der Waals surface area contributed by atoms with Crippen molar-refractivity contribution in [3.8, 4) is 0 Å². The zero-order chi connectivity index (χ0) is 11.8. The van der Waals surface area contributed by atoms with Crippen LogP contribution in [0.3, 0.4) is 0 Å². The third kappa shape index (κ3) is 3.08. The number of nitrogens with one attached hydrogen (secondary N) is 2. The van der Waals surface area contributed by atoms with Gasteiger partial charge < -0.3 is 0 Å². The number of rotatable bonds is 2. The molecule has 0 radical (unpaired) electrons. The number of carbonyl (C=O) groups is 3. The molecule has 0 bridgehead atoms. The van der Waals surface area contributed by atoms with Gasteiger partial charge in [-0.15, -0.1) is 0 Å². The molecule has 1 fully saturated rings. The third-order valence-electron chi connectivity index (χ3n) is 1.53. The maximum atomic E-state index is 11.3. The normalized spacial score (nSPS) is 17.8. The summed E-state index contributed by atoms with van der Waals surface area (Å²) >= 11 is 10.2. The molecule has 7 nitrogen and oxygen atoms in total. The topological polar surface area (TPSA) is 109 Å². The van der Waals surface area contributed by atoms with Gasteiger partial charge in [0.1, 0.15) is 0 Å². The number of urea groups is 1. The minimum atomic E-state index is -4.37. The van der Waals surface area contributed by atoms with Crippen molar-refractivity contribution in [2.45, 2.75) is 9.42 Å². The molecule has 1 heterocycles. The van der Waals surface area contributed by atoms with Crippen LogP contribution >= 0.6 is 23.2 Å². The van der Waals surface area contributed by atoms with E-state index in [0.717, 1.165) is 0 Å². The Kier molecular flexibility index (Phi) is 5.70. The zero-order valence-corrected chi connectivity index (χ0v) is 9.19. The van der Waals surface area contributed by atoms with Crippen molar-refractivity contribution in [1.82, 2.24) is 10.6 Å². The molecule has 4 amide bonds. The Labute approximate surface area is 122 Å². The SMILES string of the molecule is O=C1NC(=O)C(S(=O)(=O)C(Cl)Cl)C(=O)N1.[NaH]. The summed E-state index contributed by atoms with van der Waals surface area (Å²) in [6.07, 6.45) is 0. The molecule has 1 aliphatic rings. The fourth-order valence-corrected chi connectivity index (χ4v) is 2.44. The number of amides is 4. The van der Waals surface area contributed by atoms with E-state index in [9.17, 15) is 22.8 Å². The molecule has 0 aromatic heterocycles. The molecule has 1 saturated heterocycles. The molecule has 0 atom stereocenters. The third-order valence-corrected chi connectivity index (χ3v) is 4.60. The molecule has 0 aromatic rings. The molecule has 0 aromatic carbocycles. The summed E-state index contributed by atoms with van der Waals surface area (Å²) in [5.41, 5.74) is 0. The first-order valence-electron chi connectivity index (χ1n) is 3.43. The second kappa shape index (κ2) is 5.65. The van der Waals surface area contributed by atoms with Gasteiger partial charge >= 0.3 is 35.6 Å². The van der Waals surface area contributed by atoms with E-state index >= 15 is 0 Å². The zero-order valence-electron chi connectivity index (χ0n) is 6.86. The molecule has 0 aliphatic carbocycles. The van der Waals surface area contributed by atoms with E-state index in [1.54, 1.807) is 10.6 Å². The van der Waals surface area contributed by atoms with E-state index in [1.807, 2.05) is 0 Å². The Balaban J connectivity index is 0.00000225. The second-order valence-corrected chi connectivity index (χ2v) is 6.27. The minimum absolute atomic E-state index is 0. The van der Waals surface area contributed by atoms with Gasteiger partial charge in [-0.05, 0) is 0 Å². The fourth-order valence-electron chi connectivity index (χ4n) is 0.906. The van der Waals surface area contributed by atoms with E-state index in [0.29, 0.717) is 0 Å². The van der Waals surface area contributed by atoms with Gasteiger partial charge in [0.25, 0.3) is 11.8 Å². The van der Waals surface area contributed by atoms with Gasteiger partial charge in [0.05, 0.1) is 0 Å². The van der Waals surface area contributed by atoms with Crippen LogP contribution in [-0.4, -0.2) is 65.2 Å². The molecule has 86 valence electrons. The molecule has 0 unspecified atom stereocenters. The molecule has 0 spiro atoms. The van der Waals surface area contributed by atoms with Crippen LogP contribution in [0.4, 0.5) is 4.79 Å². The van der Waals surface area contributed by atoms with Crippen LogP contribution in [0.5, 0.6) is 0 Å². The van der Waals surface area contributed by atoms with Crippen molar-refractivity contribution in [2.24, 2.45) is 0 Å². The van der Waals surface area contributed by atoms with Crippen LogP contribution in [0.2, 0.25) is 0 Å². The first-order chi connectivity index (χ1) is 6.76. The van der Waals surface area contributed by atoms with E-state index < -0.39 is 37.1 Å². The Hall–Kier alpha value is 0.140. The maximum absolute atomic E-state index is 11.3. The fraction of sp³-hybridized carbons (Fsp3) is 0.400. The summed E-state index contributed by atoms with van der Waals surface area (Å²) in [6, 6.07) is -1.09. The van der Waals surface area contributed by atoms with Gasteiger partial charge in [0.15, 0.2) is 0 Å². The first kappa shape index (κ1) is 16.1. The molecule has 11 heteroatoms. The van der Waals surface area contributed by atoms with Crippen molar-refractivity contribution in [3.63, 3.8) is 0 Å². The van der Waals surface area contributed by atoms with Crippen LogP contribution in [0.15, 0.2) is 0 Å². The summed E-state index contributed by atoms with van der Waals surface area (Å²) in [5, 5.41) is 1.13. The molecule has 1 aliphatic heterocycles. The number of halogens is 2. The van der Waals surface area contributed by atoms with Crippen LogP contribution in [0, 0.1) is 0 Å². The van der Waals surface area contributed by atoms with E-state index in [4.69, 9.17) is 23.2 Å². The molecular formula is C5H5Cl2N2NaO5S. The summed E-state index contributed by atoms with van der Waals surface area (Å²) in [5.74, 6) is -2.54. The average Bonchev–Trinajstić information content (AvgIpc) is 2.00. The number of barbiturate groups is 1. The number of imide groups is 2. The standard InChI is InChI=1S/C5H4Cl2N2O5S.Na.H/c6-4(7)15(13,14)1-2(10)8-5(12)9-3(1)11;;/h1,4H,(H2,8,9,10,11,12);;. The van der Waals surface area contributed by atoms with Gasteiger partial charge in [-0.1, -0.05) is 23.2 Å². The number of hydrogen-bond acceptors (Lipinski definition) is 5. The quantitative estimate of drug-likeness (QED) is 0.357. The number of sulfone groups is 1. The predicted molar refractivity (Wildman–Crippen MR) is 57.0 cm³/mol. The van der Waals surface area contributed by atoms with E-state index in [1.165, 1.54) is 0 Å². The Bertz CT molecular complexity index is 416. The van der Waals surface area contributed by atoms with E-state index in [-0.39, 0.29) is 29.6 Å². The summed E-state index contributed by atoms with van der Waals surface area (Å²) < 4.78 is 20.7. The van der Waals surface area contributed by atoms with Crippen LogP contribution in [-0.2, 0) is 19.4 Å². The molecule has 0 saturated carbocycles. The Morgan fingerprint density at radius 1 is 1.06 bits per heavy atom. The number of hydrogen-bond donors (Lipinski definition) is 2. The Morgan fingerprint density at radius 2 is 1.44 bits per heavy atom. The van der Waals surface area contributed by atoms with E-state index in [2.05, 4.69) is 0 Å². The van der Waals surface area contributed by atoms with Crippen molar-refractivity contribution in [2.75, 3.05) is 0 Å². The van der Waals surface area contributed by atoms with Crippen molar-refractivity contribution >= 4 is 80.4 Å². The van der Waals surface area contributed by atoms with Crippen molar-refractivity contribution < 1.29 is 22.8 Å². The summed E-state index contributed by atoms with van der Waals surface area (Å²) in [6.45, 7) is 0. The Morgan fingerprint density at radius 3 is 1.75 bits per heavy atom.